The Morgan fingerprint density at radius 3 is 2.65 bits per heavy atom. The van der Waals surface area contributed by atoms with E-state index in [0.29, 0.717) is 12.3 Å². The van der Waals surface area contributed by atoms with Crippen molar-refractivity contribution in [3.8, 4) is 0 Å². The molecule has 0 aromatic carbocycles. The average molecular weight is 260 g/mol. The van der Waals surface area contributed by atoms with E-state index in [9.17, 15) is 9.59 Å². The van der Waals surface area contributed by atoms with Crippen LogP contribution in [0.5, 0.6) is 0 Å². The second kappa shape index (κ2) is 5.62. The Bertz CT molecular complexity index is 302. The molecule has 0 aliphatic carbocycles. The molecule has 0 aromatic rings. The number of nitrogens with one attached hydrogen (secondary N) is 1. The molecule has 1 unspecified atom stereocenters. The molecule has 6 heteroatoms. The highest BCUT2D eigenvalue weighted by atomic mass is 32.2. The fourth-order valence-electron chi connectivity index (χ4n) is 1.69. The first kappa shape index (κ1) is 14.2. The standard InChI is InChI=1S/C11H20N2O3S/c1-11(2,3)12-10(16)13-4-5-17-7-8(13)6-9(14)15/h8H,4-7H2,1-3H3,(H,12,16)(H,14,15). The molecule has 1 atom stereocenters. The highest BCUT2D eigenvalue weighted by molar-refractivity contribution is 7.99. The normalized spacial score (nSPS) is 21.1. The van der Waals surface area contributed by atoms with Crippen LogP contribution in [0.1, 0.15) is 27.2 Å². The van der Waals surface area contributed by atoms with Gasteiger partial charge in [0.05, 0.1) is 12.5 Å². The number of nitrogens with zero attached hydrogens (tertiary/aromatic N) is 1. The van der Waals surface area contributed by atoms with Gasteiger partial charge in [0.2, 0.25) is 0 Å². The van der Waals surface area contributed by atoms with Crippen molar-refractivity contribution in [2.75, 3.05) is 18.1 Å². The van der Waals surface area contributed by atoms with Crippen LogP contribution < -0.4 is 5.32 Å². The molecule has 1 aliphatic rings. The first-order chi connectivity index (χ1) is 7.79. The van der Waals surface area contributed by atoms with Crippen LogP contribution in [0.3, 0.4) is 0 Å². The molecule has 1 rings (SSSR count). The lowest BCUT2D eigenvalue weighted by molar-refractivity contribution is -0.137. The number of carboxylic acid groups (broad SMARTS) is 1. The zero-order chi connectivity index (χ0) is 13.1. The molecule has 0 radical (unpaired) electrons. The summed E-state index contributed by atoms with van der Waals surface area (Å²) >= 11 is 1.70. The van der Waals surface area contributed by atoms with Gasteiger partial charge in [-0.2, -0.15) is 11.8 Å². The number of aliphatic carboxylic acids is 1. The van der Waals surface area contributed by atoms with Crippen molar-refractivity contribution < 1.29 is 14.7 Å². The van der Waals surface area contributed by atoms with Gasteiger partial charge in [0, 0.05) is 23.6 Å². The number of carbonyl (C=O) groups excluding carboxylic acids is 1. The number of urea groups is 1. The van der Waals surface area contributed by atoms with Crippen molar-refractivity contribution in [3.05, 3.63) is 0 Å². The molecule has 1 saturated heterocycles. The van der Waals surface area contributed by atoms with Gasteiger partial charge >= 0.3 is 12.0 Å². The van der Waals surface area contributed by atoms with Crippen molar-refractivity contribution >= 4 is 23.8 Å². The van der Waals surface area contributed by atoms with E-state index in [4.69, 9.17) is 5.11 Å². The predicted octanol–water partition coefficient (Wildman–Crippen LogP) is 1.39. The van der Waals surface area contributed by atoms with Crippen molar-refractivity contribution in [2.45, 2.75) is 38.8 Å². The second-order valence-electron chi connectivity index (χ2n) is 5.20. The Morgan fingerprint density at radius 2 is 2.12 bits per heavy atom. The minimum atomic E-state index is -0.856. The van der Waals surface area contributed by atoms with Crippen LogP contribution in [0.25, 0.3) is 0 Å². The maximum Gasteiger partial charge on any atom is 0.318 e. The molecule has 0 aromatic heterocycles. The van der Waals surface area contributed by atoms with Gasteiger partial charge in [-0.15, -0.1) is 0 Å². The third-order valence-corrected chi connectivity index (χ3v) is 3.47. The van der Waals surface area contributed by atoms with E-state index in [1.807, 2.05) is 20.8 Å². The van der Waals surface area contributed by atoms with Gasteiger partial charge in [0.25, 0.3) is 0 Å². The molecule has 0 saturated carbocycles. The summed E-state index contributed by atoms with van der Waals surface area (Å²) in [6.45, 7) is 6.35. The Labute approximate surface area is 106 Å². The minimum absolute atomic E-state index is 0.0184. The van der Waals surface area contributed by atoms with Gasteiger partial charge in [-0.3, -0.25) is 4.79 Å². The summed E-state index contributed by atoms with van der Waals surface area (Å²) in [6.07, 6.45) is 0.0184. The first-order valence-electron chi connectivity index (χ1n) is 5.68. The molecule has 1 fully saturated rings. The second-order valence-corrected chi connectivity index (χ2v) is 6.35. The molecule has 2 amide bonds. The summed E-state index contributed by atoms with van der Waals surface area (Å²) in [6, 6.07) is -0.363. The number of carbonyl (C=O) groups is 2. The predicted molar refractivity (Wildman–Crippen MR) is 68.4 cm³/mol. The van der Waals surface area contributed by atoms with Crippen LogP contribution in [0, 0.1) is 0 Å². The number of hydrogen-bond donors (Lipinski definition) is 2. The lowest BCUT2D eigenvalue weighted by Gasteiger charge is -2.36. The Balaban J connectivity index is 2.64. The summed E-state index contributed by atoms with van der Waals surface area (Å²) in [5.74, 6) is 0.712. The largest absolute Gasteiger partial charge is 0.481 e. The lowest BCUT2D eigenvalue weighted by Crippen LogP contribution is -2.55. The van der Waals surface area contributed by atoms with Crippen LogP contribution in [-0.4, -0.2) is 51.6 Å². The summed E-state index contributed by atoms with van der Waals surface area (Å²) in [7, 11) is 0. The number of rotatable bonds is 2. The lowest BCUT2D eigenvalue weighted by atomic mass is 10.1. The number of amides is 2. The van der Waals surface area contributed by atoms with Crippen molar-refractivity contribution in [1.82, 2.24) is 10.2 Å². The van der Waals surface area contributed by atoms with E-state index in [-0.39, 0.29) is 24.0 Å². The quantitative estimate of drug-likeness (QED) is 0.787. The van der Waals surface area contributed by atoms with Gasteiger partial charge < -0.3 is 15.3 Å². The smallest absolute Gasteiger partial charge is 0.318 e. The summed E-state index contributed by atoms with van der Waals surface area (Å²) in [5.41, 5.74) is -0.296. The van der Waals surface area contributed by atoms with Gasteiger partial charge in [0.15, 0.2) is 0 Å². The van der Waals surface area contributed by atoms with Crippen LogP contribution in [-0.2, 0) is 4.79 Å². The Kier molecular flexibility index (Phi) is 4.68. The van der Waals surface area contributed by atoms with Gasteiger partial charge in [-0.05, 0) is 20.8 Å². The van der Waals surface area contributed by atoms with Crippen LogP contribution in [0.15, 0.2) is 0 Å². The van der Waals surface area contributed by atoms with Crippen LogP contribution in [0.4, 0.5) is 4.79 Å². The molecular formula is C11H20N2O3S. The van der Waals surface area contributed by atoms with E-state index >= 15 is 0 Å². The summed E-state index contributed by atoms with van der Waals surface area (Å²) in [4.78, 5) is 24.4. The SMILES string of the molecule is CC(C)(C)NC(=O)N1CCSCC1CC(=O)O. The molecule has 1 aliphatic heterocycles. The molecular weight excluding hydrogens is 240 g/mol. The van der Waals surface area contributed by atoms with Gasteiger partial charge in [0.1, 0.15) is 0 Å². The zero-order valence-corrected chi connectivity index (χ0v) is 11.3. The molecule has 17 heavy (non-hydrogen) atoms. The van der Waals surface area contributed by atoms with E-state index in [1.54, 1.807) is 16.7 Å². The molecule has 98 valence electrons. The maximum absolute atomic E-state index is 12.0. The molecule has 2 N–H and O–H groups in total. The highest BCUT2D eigenvalue weighted by Gasteiger charge is 2.30. The highest BCUT2D eigenvalue weighted by Crippen LogP contribution is 2.19. The van der Waals surface area contributed by atoms with E-state index in [0.717, 1.165) is 5.75 Å². The third kappa shape index (κ3) is 4.85. The minimum Gasteiger partial charge on any atom is -0.481 e. The van der Waals surface area contributed by atoms with Crippen molar-refractivity contribution in [3.63, 3.8) is 0 Å². The topological polar surface area (TPSA) is 69.6 Å². The van der Waals surface area contributed by atoms with Crippen molar-refractivity contribution in [1.29, 1.82) is 0 Å². The van der Waals surface area contributed by atoms with Crippen LogP contribution >= 0.6 is 11.8 Å². The van der Waals surface area contributed by atoms with Crippen molar-refractivity contribution in [2.24, 2.45) is 0 Å². The monoisotopic (exact) mass is 260 g/mol. The van der Waals surface area contributed by atoms with E-state index < -0.39 is 5.97 Å². The zero-order valence-electron chi connectivity index (χ0n) is 10.5. The third-order valence-electron chi connectivity index (χ3n) is 2.38. The Morgan fingerprint density at radius 1 is 1.47 bits per heavy atom. The van der Waals surface area contributed by atoms with E-state index in [2.05, 4.69) is 5.32 Å². The van der Waals surface area contributed by atoms with E-state index in [1.165, 1.54) is 0 Å². The fourth-order valence-corrected chi connectivity index (χ4v) is 2.75. The summed E-state index contributed by atoms with van der Waals surface area (Å²) in [5, 5.41) is 11.7. The molecule has 0 bridgehead atoms. The number of thioether (sulfide) groups is 1. The van der Waals surface area contributed by atoms with Crippen LogP contribution in [0.2, 0.25) is 0 Å². The number of carboxylic acids is 1. The number of hydrogen-bond acceptors (Lipinski definition) is 3. The van der Waals surface area contributed by atoms with Gasteiger partial charge in [-0.1, -0.05) is 0 Å². The Hall–Kier alpha value is -0.910. The first-order valence-corrected chi connectivity index (χ1v) is 6.83. The molecule has 1 heterocycles. The summed E-state index contributed by atoms with van der Waals surface area (Å²) < 4.78 is 0. The fraction of sp³-hybridized carbons (Fsp3) is 0.818. The average Bonchev–Trinajstić information content (AvgIpc) is 2.14. The molecule has 5 nitrogen and oxygen atoms in total. The maximum atomic E-state index is 12.0. The molecule has 0 spiro atoms. The van der Waals surface area contributed by atoms with Gasteiger partial charge in [-0.25, -0.2) is 4.79 Å².